The van der Waals surface area contributed by atoms with Gasteiger partial charge in [-0.25, -0.2) is 0 Å². The first-order chi connectivity index (χ1) is 14.4. The number of hydrogen-bond donors (Lipinski definition) is 1. The second-order valence-electron chi connectivity index (χ2n) is 6.33. The van der Waals surface area contributed by atoms with Crippen LogP contribution in [0.3, 0.4) is 0 Å². The summed E-state index contributed by atoms with van der Waals surface area (Å²) in [6.45, 7) is 0. The first kappa shape index (κ1) is 21.5. The molecule has 9 nitrogen and oxygen atoms in total. The Kier molecular flexibility index (Phi) is 5.95. The monoisotopic (exact) mass is 420 g/mol. The molecule has 162 valence electrons. The highest BCUT2D eigenvalue weighted by Gasteiger charge is 2.56. The number of benzene rings is 2. The molecule has 0 amide bonds. The SMILES string of the molecule is COc1ccc(C2Oc3c(OC)c(O)c(OC)c(OC)c3C(=O)C2(OC)OC)cc1. The highest BCUT2D eigenvalue weighted by atomic mass is 16.7. The molecule has 0 aromatic heterocycles. The zero-order valence-electron chi connectivity index (χ0n) is 17.6. The van der Waals surface area contributed by atoms with Crippen LogP contribution in [0.4, 0.5) is 0 Å². The number of Topliss-reactive ketones (excluding diaryl/α,β-unsaturated/α-hetero) is 1. The largest absolute Gasteiger partial charge is 0.501 e. The van der Waals surface area contributed by atoms with Crippen LogP contribution in [0.1, 0.15) is 22.0 Å². The van der Waals surface area contributed by atoms with Crippen molar-refractivity contribution < 1.29 is 43.1 Å². The van der Waals surface area contributed by atoms with Crippen LogP contribution in [0.25, 0.3) is 0 Å². The van der Waals surface area contributed by atoms with Crippen molar-refractivity contribution in [1.29, 1.82) is 0 Å². The molecule has 3 rings (SSSR count). The van der Waals surface area contributed by atoms with Gasteiger partial charge in [-0.1, -0.05) is 12.1 Å². The smallest absolute Gasteiger partial charge is 0.276 e. The average Bonchev–Trinajstić information content (AvgIpc) is 2.78. The number of methoxy groups -OCH3 is 6. The quantitative estimate of drug-likeness (QED) is 0.677. The third-order valence-electron chi connectivity index (χ3n) is 5.06. The normalized spacial score (nSPS) is 17.0. The van der Waals surface area contributed by atoms with Crippen LogP contribution in [0.5, 0.6) is 34.5 Å². The minimum Gasteiger partial charge on any atom is -0.501 e. The molecule has 0 saturated heterocycles. The fourth-order valence-electron chi connectivity index (χ4n) is 3.58. The molecular weight excluding hydrogens is 396 g/mol. The summed E-state index contributed by atoms with van der Waals surface area (Å²) in [6.07, 6.45) is -1.02. The minimum absolute atomic E-state index is 0.0109. The summed E-state index contributed by atoms with van der Waals surface area (Å²) < 4.78 is 38.4. The third-order valence-corrected chi connectivity index (χ3v) is 5.06. The van der Waals surface area contributed by atoms with E-state index in [-0.39, 0.29) is 34.3 Å². The molecule has 2 aromatic carbocycles. The molecule has 0 aliphatic carbocycles. The van der Waals surface area contributed by atoms with E-state index in [0.717, 1.165) is 0 Å². The lowest BCUT2D eigenvalue weighted by atomic mass is 9.88. The number of carbonyl (C=O) groups excluding carboxylic acids is 1. The Labute approximate surface area is 174 Å². The van der Waals surface area contributed by atoms with E-state index < -0.39 is 17.7 Å². The molecular formula is C21H24O9. The lowest BCUT2D eigenvalue weighted by Gasteiger charge is -2.41. The van der Waals surface area contributed by atoms with Crippen LogP contribution < -0.4 is 23.7 Å². The van der Waals surface area contributed by atoms with E-state index in [1.807, 2.05) is 0 Å². The van der Waals surface area contributed by atoms with E-state index in [9.17, 15) is 9.90 Å². The summed E-state index contributed by atoms with van der Waals surface area (Å²) in [7, 11) is 8.24. The molecule has 1 aliphatic heterocycles. The van der Waals surface area contributed by atoms with Gasteiger partial charge >= 0.3 is 0 Å². The van der Waals surface area contributed by atoms with Gasteiger partial charge in [0.15, 0.2) is 17.6 Å². The number of ether oxygens (including phenoxy) is 7. The molecule has 0 fully saturated rings. The number of phenolic OH excluding ortho intramolecular Hbond substituents is 1. The number of fused-ring (bicyclic) bond motifs is 1. The molecule has 0 bridgehead atoms. The number of rotatable bonds is 7. The van der Waals surface area contributed by atoms with E-state index in [1.165, 1.54) is 35.5 Å². The maximum Gasteiger partial charge on any atom is 0.276 e. The van der Waals surface area contributed by atoms with Gasteiger partial charge in [0.25, 0.3) is 5.79 Å². The van der Waals surface area contributed by atoms with Crippen molar-refractivity contribution in [3.8, 4) is 34.5 Å². The number of ketones is 1. The van der Waals surface area contributed by atoms with Gasteiger partial charge in [-0.05, 0) is 17.7 Å². The predicted octanol–water partition coefficient (Wildman–Crippen LogP) is 2.73. The number of phenols is 1. The third kappa shape index (κ3) is 2.98. The van der Waals surface area contributed by atoms with Crippen molar-refractivity contribution in [2.24, 2.45) is 0 Å². The summed E-state index contributed by atoms with van der Waals surface area (Å²) in [5.41, 5.74) is 0.548. The zero-order valence-corrected chi connectivity index (χ0v) is 17.6. The standard InChI is InChI=1S/C21H24O9/c1-24-12-9-7-11(8-10-12)20-21(28-5,29-6)19(23)13-15(25-2)17(26-3)14(22)18(27-4)16(13)30-20/h7-10,20,22H,1-6H3. The maximum absolute atomic E-state index is 13.7. The Balaban J connectivity index is 2.31. The molecule has 1 heterocycles. The van der Waals surface area contributed by atoms with Gasteiger partial charge in [0.05, 0.1) is 28.4 Å². The van der Waals surface area contributed by atoms with Crippen LogP contribution in [0.2, 0.25) is 0 Å². The second-order valence-corrected chi connectivity index (χ2v) is 6.33. The second kappa shape index (κ2) is 8.29. The fourth-order valence-corrected chi connectivity index (χ4v) is 3.58. The summed E-state index contributed by atoms with van der Waals surface area (Å²) in [4.78, 5) is 13.7. The molecule has 1 aliphatic rings. The molecule has 1 N–H and O–H groups in total. The Bertz CT molecular complexity index is 933. The molecule has 30 heavy (non-hydrogen) atoms. The van der Waals surface area contributed by atoms with Crippen molar-refractivity contribution in [3.63, 3.8) is 0 Å². The van der Waals surface area contributed by atoms with Gasteiger partial charge in [-0.3, -0.25) is 4.79 Å². The van der Waals surface area contributed by atoms with Crippen LogP contribution in [0, 0.1) is 0 Å². The van der Waals surface area contributed by atoms with Crippen molar-refractivity contribution in [3.05, 3.63) is 35.4 Å². The first-order valence-corrected chi connectivity index (χ1v) is 8.94. The molecule has 9 heteroatoms. The highest BCUT2D eigenvalue weighted by Crippen LogP contribution is 2.58. The van der Waals surface area contributed by atoms with E-state index in [4.69, 9.17) is 33.2 Å². The van der Waals surface area contributed by atoms with Gasteiger partial charge in [-0.15, -0.1) is 0 Å². The minimum atomic E-state index is -1.83. The Hall–Kier alpha value is -3.17. The van der Waals surface area contributed by atoms with Crippen molar-refractivity contribution >= 4 is 5.78 Å². The molecule has 0 radical (unpaired) electrons. The summed E-state index contributed by atoms with van der Waals surface area (Å²) >= 11 is 0. The van der Waals surface area contributed by atoms with Gasteiger partial charge in [0.1, 0.15) is 11.3 Å². The Morgan fingerprint density at radius 2 is 1.40 bits per heavy atom. The topological polar surface area (TPSA) is 102 Å². The van der Waals surface area contributed by atoms with Gasteiger partial charge in [0, 0.05) is 14.2 Å². The lowest BCUT2D eigenvalue weighted by molar-refractivity contribution is -0.223. The van der Waals surface area contributed by atoms with Crippen LogP contribution in [0.15, 0.2) is 24.3 Å². The molecule has 1 atom stereocenters. The number of carbonyl (C=O) groups is 1. The summed E-state index contributed by atoms with van der Waals surface area (Å²) in [6, 6.07) is 6.89. The fraction of sp³-hybridized carbons (Fsp3) is 0.381. The van der Waals surface area contributed by atoms with E-state index in [1.54, 1.807) is 31.4 Å². The molecule has 0 spiro atoms. The highest BCUT2D eigenvalue weighted by molar-refractivity contribution is 6.09. The number of hydrogen-bond acceptors (Lipinski definition) is 9. The summed E-state index contributed by atoms with van der Waals surface area (Å²) in [5.74, 6) is -2.33. The van der Waals surface area contributed by atoms with Gasteiger partial charge in [-0.2, -0.15) is 0 Å². The van der Waals surface area contributed by atoms with E-state index in [2.05, 4.69) is 0 Å². The average molecular weight is 420 g/mol. The van der Waals surface area contributed by atoms with Crippen LogP contribution in [-0.2, 0) is 9.47 Å². The summed E-state index contributed by atoms with van der Waals surface area (Å²) in [5, 5.41) is 10.6. The maximum atomic E-state index is 13.7. The zero-order chi connectivity index (χ0) is 22.1. The molecule has 0 saturated carbocycles. The van der Waals surface area contributed by atoms with Crippen LogP contribution in [-0.4, -0.2) is 59.3 Å². The van der Waals surface area contributed by atoms with E-state index >= 15 is 0 Å². The van der Waals surface area contributed by atoms with Crippen molar-refractivity contribution in [2.75, 3.05) is 42.7 Å². The van der Waals surface area contributed by atoms with Gasteiger partial charge in [0.2, 0.25) is 23.0 Å². The Morgan fingerprint density at radius 3 is 1.87 bits per heavy atom. The van der Waals surface area contributed by atoms with Crippen molar-refractivity contribution in [2.45, 2.75) is 11.9 Å². The van der Waals surface area contributed by atoms with Gasteiger partial charge < -0.3 is 38.3 Å². The predicted molar refractivity (Wildman–Crippen MR) is 105 cm³/mol. The lowest BCUT2D eigenvalue weighted by Crippen LogP contribution is -2.53. The molecule has 1 unspecified atom stereocenters. The van der Waals surface area contributed by atoms with E-state index in [0.29, 0.717) is 11.3 Å². The molecule has 2 aromatic rings. The van der Waals surface area contributed by atoms with Crippen molar-refractivity contribution in [1.82, 2.24) is 0 Å². The van der Waals surface area contributed by atoms with Crippen LogP contribution >= 0.6 is 0 Å². The number of aromatic hydroxyl groups is 1. The first-order valence-electron chi connectivity index (χ1n) is 8.94. The Morgan fingerprint density at radius 1 is 0.833 bits per heavy atom.